The van der Waals surface area contributed by atoms with Crippen LogP contribution in [0.25, 0.3) is 0 Å². The number of hydrogen-bond donors (Lipinski definition) is 0. The number of rotatable bonds is 3. The highest BCUT2D eigenvalue weighted by atomic mass is 32.2. The van der Waals surface area contributed by atoms with Gasteiger partial charge in [0.15, 0.2) is 0 Å². The Kier molecular flexibility index (Phi) is 2.89. The molecule has 0 aromatic heterocycles. The molecule has 0 aliphatic heterocycles. The van der Waals surface area contributed by atoms with Gasteiger partial charge in [-0.25, -0.2) is 8.42 Å². The van der Waals surface area contributed by atoms with Crippen molar-refractivity contribution in [1.29, 1.82) is 0 Å². The molecule has 0 saturated carbocycles. The van der Waals surface area contributed by atoms with Gasteiger partial charge in [0.05, 0.1) is 4.90 Å². The molecular weight excluding hydrogens is 210 g/mol. The van der Waals surface area contributed by atoms with E-state index in [0.29, 0.717) is 0 Å². The van der Waals surface area contributed by atoms with Crippen LogP contribution in [0.5, 0.6) is 0 Å². The van der Waals surface area contributed by atoms with E-state index in [-0.39, 0.29) is 4.90 Å². The molecule has 0 atom stereocenters. The molecule has 5 heteroatoms. The number of alkyl halides is 2. The third-order valence-electron chi connectivity index (χ3n) is 1.86. The van der Waals surface area contributed by atoms with Gasteiger partial charge in [-0.15, -0.1) is 0 Å². The van der Waals surface area contributed by atoms with Crippen LogP contribution in [-0.2, 0) is 9.84 Å². The van der Waals surface area contributed by atoms with E-state index < -0.39 is 21.5 Å². The highest BCUT2D eigenvalue weighted by molar-refractivity contribution is 7.92. The zero-order valence-corrected chi connectivity index (χ0v) is 8.39. The van der Waals surface area contributed by atoms with Crippen LogP contribution in [0.15, 0.2) is 35.2 Å². The lowest BCUT2D eigenvalue weighted by Gasteiger charge is -2.14. The average Bonchev–Trinajstić information content (AvgIpc) is 2.19. The Morgan fingerprint density at radius 1 is 1.21 bits per heavy atom. The summed E-state index contributed by atoms with van der Waals surface area (Å²) in [6.07, 6.45) is -0.718. The highest BCUT2D eigenvalue weighted by Crippen LogP contribution is 2.31. The summed E-state index contributed by atoms with van der Waals surface area (Å²) in [7, 11) is -4.52. The van der Waals surface area contributed by atoms with Crippen LogP contribution in [0.2, 0.25) is 0 Å². The van der Waals surface area contributed by atoms with Crippen molar-refractivity contribution >= 4 is 9.84 Å². The third-order valence-corrected chi connectivity index (χ3v) is 3.83. The minimum atomic E-state index is -4.52. The highest BCUT2D eigenvalue weighted by Gasteiger charge is 2.43. The quantitative estimate of drug-likeness (QED) is 0.784. The molecule has 0 bridgehead atoms. The van der Waals surface area contributed by atoms with Gasteiger partial charge >= 0.3 is 5.25 Å². The van der Waals surface area contributed by atoms with Crippen molar-refractivity contribution in [3.63, 3.8) is 0 Å². The molecule has 14 heavy (non-hydrogen) atoms. The lowest BCUT2D eigenvalue weighted by Crippen LogP contribution is -2.27. The van der Waals surface area contributed by atoms with E-state index in [1.807, 2.05) is 0 Å². The monoisotopic (exact) mass is 220 g/mol. The predicted molar refractivity (Wildman–Crippen MR) is 48.9 cm³/mol. The normalized spacial score (nSPS) is 12.8. The van der Waals surface area contributed by atoms with E-state index in [9.17, 15) is 17.2 Å². The summed E-state index contributed by atoms with van der Waals surface area (Å²) in [6, 6.07) is 6.73. The number of benzene rings is 1. The van der Waals surface area contributed by atoms with Crippen molar-refractivity contribution in [3.05, 3.63) is 30.3 Å². The second-order valence-electron chi connectivity index (χ2n) is 2.81. The van der Waals surface area contributed by atoms with Crippen LogP contribution in [0.1, 0.15) is 13.3 Å². The van der Waals surface area contributed by atoms with Gasteiger partial charge in [0.2, 0.25) is 9.84 Å². The smallest absolute Gasteiger partial charge is 0.217 e. The SMILES string of the molecule is CCC(F)(F)S(=O)(=O)c1ccccc1. The molecular formula is C9H10F2O2S. The van der Waals surface area contributed by atoms with Gasteiger partial charge in [0.1, 0.15) is 0 Å². The Morgan fingerprint density at radius 3 is 2.14 bits per heavy atom. The minimum Gasteiger partial charge on any atom is -0.217 e. The molecule has 0 amide bonds. The molecule has 0 spiro atoms. The van der Waals surface area contributed by atoms with Gasteiger partial charge in [-0.2, -0.15) is 8.78 Å². The first kappa shape index (κ1) is 11.1. The first-order valence-corrected chi connectivity index (χ1v) is 5.57. The van der Waals surface area contributed by atoms with Crippen molar-refractivity contribution < 1.29 is 17.2 Å². The van der Waals surface area contributed by atoms with Crippen molar-refractivity contribution in [2.75, 3.05) is 0 Å². The maximum absolute atomic E-state index is 13.0. The Labute approximate surface area is 81.5 Å². The molecule has 1 rings (SSSR count). The summed E-state index contributed by atoms with van der Waals surface area (Å²) in [6.45, 7) is 1.14. The fraction of sp³-hybridized carbons (Fsp3) is 0.333. The molecule has 1 aromatic carbocycles. The Hall–Kier alpha value is -0.970. The standard InChI is InChI=1S/C9H10F2O2S/c1-2-9(10,11)14(12,13)8-6-4-3-5-7-8/h3-7H,2H2,1H3. The van der Waals surface area contributed by atoms with Gasteiger partial charge in [0.25, 0.3) is 0 Å². The van der Waals surface area contributed by atoms with Gasteiger partial charge in [-0.3, -0.25) is 0 Å². The van der Waals surface area contributed by atoms with Gasteiger partial charge in [-0.1, -0.05) is 25.1 Å². The van der Waals surface area contributed by atoms with Gasteiger partial charge in [-0.05, 0) is 12.1 Å². The molecule has 0 unspecified atom stereocenters. The van der Waals surface area contributed by atoms with Crippen LogP contribution >= 0.6 is 0 Å². The molecule has 1 aromatic rings. The fourth-order valence-electron chi connectivity index (χ4n) is 0.962. The van der Waals surface area contributed by atoms with E-state index >= 15 is 0 Å². The molecule has 78 valence electrons. The lowest BCUT2D eigenvalue weighted by molar-refractivity contribution is 0.0878. The summed E-state index contributed by atoms with van der Waals surface area (Å²) in [5, 5.41) is -3.69. The van der Waals surface area contributed by atoms with E-state index in [4.69, 9.17) is 0 Å². The summed E-state index contributed by atoms with van der Waals surface area (Å²) in [5.74, 6) is 0. The van der Waals surface area contributed by atoms with Crippen molar-refractivity contribution in [2.24, 2.45) is 0 Å². The fourth-order valence-corrected chi connectivity index (χ4v) is 2.20. The number of halogens is 2. The second kappa shape index (κ2) is 3.65. The Morgan fingerprint density at radius 2 is 1.71 bits per heavy atom. The summed E-state index contributed by atoms with van der Waals surface area (Å²) in [5.41, 5.74) is 0. The molecule has 2 nitrogen and oxygen atoms in total. The van der Waals surface area contributed by atoms with Crippen molar-refractivity contribution in [3.8, 4) is 0 Å². The van der Waals surface area contributed by atoms with Crippen LogP contribution < -0.4 is 0 Å². The first-order chi connectivity index (χ1) is 6.42. The maximum atomic E-state index is 13.0. The van der Waals surface area contributed by atoms with Gasteiger partial charge < -0.3 is 0 Å². The molecule has 0 aliphatic rings. The third kappa shape index (κ3) is 1.77. The summed E-state index contributed by atoms with van der Waals surface area (Å²) >= 11 is 0. The van der Waals surface area contributed by atoms with Crippen molar-refractivity contribution in [2.45, 2.75) is 23.5 Å². The Bertz CT molecular complexity index is 398. The van der Waals surface area contributed by atoms with E-state index in [0.717, 1.165) is 6.92 Å². The zero-order chi connectivity index (χ0) is 10.8. The van der Waals surface area contributed by atoms with E-state index in [2.05, 4.69) is 0 Å². The largest absolute Gasteiger partial charge is 0.349 e. The van der Waals surface area contributed by atoms with Crippen LogP contribution in [0.3, 0.4) is 0 Å². The minimum absolute atomic E-state index is 0.341. The van der Waals surface area contributed by atoms with Crippen LogP contribution in [0, 0.1) is 0 Å². The number of hydrogen-bond acceptors (Lipinski definition) is 2. The Balaban J connectivity index is 3.23. The zero-order valence-electron chi connectivity index (χ0n) is 7.57. The first-order valence-electron chi connectivity index (χ1n) is 4.09. The maximum Gasteiger partial charge on any atom is 0.349 e. The van der Waals surface area contributed by atoms with Crippen molar-refractivity contribution in [1.82, 2.24) is 0 Å². The van der Waals surface area contributed by atoms with E-state index in [1.165, 1.54) is 24.3 Å². The second-order valence-corrected chi connectivity index (χ2v) is 4.88. The van der Waals surface area contributed by atoms with E-state index in [1.54, 1.807) is 6.07 Å². The topological polar surface area (TPSA) is 34.1 Å². The van der Waals surface area contributed by atoms with Crippen LogP contribution in [0.4, 0.5) is 8.78 Å². The van der Waals surface area contributed by atoms with Gasteiger partial charge in [0, 0.05) is 6.42 Å². The predicted octanol–water partition coefficient (Wildman–Crippen LogP) is 2.46. The number of sulfone groups is 1. The molecule has 0 radical (unpaired) electrons. The van der Waals surface area contributed by atoms with Crippen LogP contribution in [-0.4, -0.2) is 13.7 Å². The summed E-state index contributed by atoms with van der Waals surface area (Å²) in [4.78, 5) is -0.341. The lowest BCUT2D eigenvalue weighted by atomic mass is 10.4. The average molecular weight is 220 g/mol. The molecule has 0 saturated heterocycles. The molecule has 0 fully saturated rings. The molecule has 0 heterocycles. The molecule has 0 N–H and O–H groups in total. The molecule has 0 aliphatic carbocycles. The summed E-state index contributed by atoms with van der Waals surface area (Å²) < 4.78 is 48.7.